The quantitative estimate of drug-likeness (QED) is 0.786. The number of aromatic nitrogens is 1. The summed E-state index contributed by atoms with van der Waals surface area (Å²) < 4.78 is 5.35. The van der Waals surface area contributed by atoms with Crippen molar-refractivity contribution in [3.05, 3.63) is 29.7 Å². The Morgan fingerprint density at radius 1 is 1.44 bits per heavy atom. The summed E-state index contributed by atoms with van der Waals surface area (Å²) >= 11 is 0. The molecule has 6 nitrogen and oxygen atoms in total. The predicted molar refractivity (Wildman–Crippen MR) is 64.4 cm³/mol. The lowest BCUT2D eigenvalue weighted by atomic mass is 10.2. The zero-order valence-corrected chi connectivity index (χ0v) is 10.1. The Morgan fingerprint density at radius 3 is 2.83 bits per heavy atom. The van der Waals surface area contributed by atoms with E-state index in [0.717, 1.165) is 11.1 Å². The van der Waals surface area contributed by atoms with Crippen molar-refractivity contribution in [3.63, 3.8) is 0 Å². The van der Waals surface area contributed by atoms with Gasteiger partial charge in [-0.25, -0.2) is 4.98 Å². The lowest BCUT2D eigenvalue weighted by molar-refractivity contribution is -0.143. The summed E-state index contributed by atoms with van der Waals surface area (Å²) in [5, 5.41) is 0. The number of amides is 2. The molecule has 94 valence electrons. The second-order valence-corrected chi connectivity index (χ2v) is 4.06. The van der Waals surface area contributed by atoms with Gasteiger partial charge in [0.15, 0.2) is 11.5 Å². The van der Waals surface area contributed by atoms with E-state index in [4.69, 9.17) is 10.2 Å². The lowest BCUT2D eigenvalue weighted by Crippen LogP contribution is -2.37. The molecule has 0 bridgehead atoms. The molecule has 2 rings (SSSR count). The number of oxazole rings is 1. The van der Waals surface area contributed by atoms with E-state index in [9.17, 15) is 9.59 Å². The maximum Gasteiger partial charge on any atom is 0.311 e. The van der Waals surface area contributed by atoms with Crippen molar-refractivity contribution < 1.29 is 14.0 Å². The summed E-state index contributed by atoms with van der Waals surface area (Å²) in [7, 11) is 1.52. The molecule has 6 heteroatoms. The molecular formula is C12H13N3O3. The Bertz CT molecular complexity index is 618. The third-order valence-corrected chi connectivity index (χ3v) is 2.54. The Labute approximate surface area is 103 Å². The van der Waals surface area contributed by atoms with E-state index in [1.807, 2.05) is 12.1 Å². The first kappa shape index (κ1) is 12.1. The topological polar surface area (TPSA) is 89.4 Å². The molecule has 1 heterocycles. The number of hydrogen-bond acceptors (Lipinski definition) is 4. The van der Waals surface area contributed by atoms with Gasteiger partial charge in [0.05, 0.1) is 0 Å². The first-order valence-corrected chi connectivity index (χ1v) is 5.38. The van der Waals surface area contributed by atoms with E-state index < -0.39 is 11.8 Å². The molecule has 2 N–H and O–H groups in total. The largest absolute Gasteiger partial charge is 0.441 e. The van der Waals surface area contributed by atoms with Gasteiger partial charge in [-0.2, -0.15) is 0 Å². The van der Waals surface area contributed by atoms with Crippen LogP contribution in [0.2, 0.25) is 0 Å². The van der Waals surface area contributed by atoms with Gasteiger partial charge in [-0.15, -0.1) is 0 Å². The standard InChI is InChI=1S/C12H13N3O3/c1-7-14-9-5-8(3-4-10(9)18-7)6-15(2)12(17)11(13)16/h3-5H,6H2,1-2H3,(H2,13,16). The van der Waals surface area contributed by atoms with E-state index in [2.05, 4.69) is 4.98 Å². The number of nitrogens with zero attached hydrogens (tertiary/aromatic N) is 2. The number of primary amides is 1. The second kappa shape index (κ2) is 4.48. The molecular weight excluding hydrogens is 234 g/mol. The highest BCUT2D eigenvalue weighted by Crippen LogP contribution is 2.17. The Hall–Kier alpha value is -2.37. The molecule has 0 saturated heterocycles. The molecule has 1 aromatic heterocycles. The van der Waals surface area contributed by atoms with Crippen molar-refractivity contribution in [2.24, 2.45) is 5.73 Å². The molecule has 0 aliphatic heterocycles. The maximum atomic E-state index is 11.3. The highest BCUT2D eigenvalue weighted by atomic mass is 16.3. The van der Waals surface area contributed by atoms with E-state index in [0.29, 0.717) is 18.0 Å². The first-order valence-electron chi connectivity index (χ1n) is 5.38. The maximum absolute atomic E-state index is 11.3. The van der Waals surface area contributed by atoms with E-state index in [-0.39, 0.29) is 0 Å². The molecule has 0 saturated carbocycles. The predicted octanol–water partition coefficient (Wildman–Crippen LogP) is 0.580. The summed E-state index contributed by atoms with van der Waals surface area (Å²) in [5.74, 6) is -1.09. The van der Waals surface area contributed by atoms with Crippen LogP contribution in [0.25, 0.3) is 11.1 Å². The lowest BCUT2D eigenvalue weighted by Gasteiger charge is -2.14. The zero-order valence-electron chi connectivity index (χ0n) is 10.1. The van der Waals surface area contributed by atoms with Crippen molar-refractivity contribution in [1.82, 2.24) is 9.88 Å². The average molecular weight is 247 g/mol. The molecule has 0 aliphatic rings. The molecule has 0 aliphatic carbocycles. The third kappa shape index (κ3) is 2.32. The summed E-state index contributed by atoms with van der Waals surface area (Å²) in [4.78, 5) is 27.5. The molecule has 2 aromatic rings. The molecule has 0 unspecified atom stereocenters. The molecule has 0 radical (unpaired) electrons. The summed E-state index contributed by atoms with van der Waals surface area (Å²) in [6.45, 7) is 2.06. The number of carbonyl (C=O) groups excluding carboxylic acids is 2. The second-order valence-electron chi connectivity index (χ2n) is 4.06. The Balaban J connectivity index is 2.21. The van der Waals surface area contributed by atoms with Gasteiger partial charge in [-0.3, -0.25) is 9.59 Å². The summed E-state index contributed by atoms with van der Waals surface area (Å²) in [6, 6.07) is 5.42. The van der Waals surface area contributed by atoms with Gasteiger partial charge in [0, 0.05) is 20.5 Å². The van der Waals surface area contributed by atoms with Crippen molar-refractivity contribution in [3.8, 4) is 0 Å². The van der Waals surface area contributed by atoms with Crippen molar-refractivity contribution in [2.75, 3.05) is 7.05 Å². The first-order chi connectivity index (χ1) is 8.47. The number of nitrogens with two attached hydrogens (primary N) is 1. The SMILES string of the molecule is Cc1nc2cc(CN(C)C(=O)C(N)=O)ccc2o1. The van der Waals surface area contributed by atoms with Crippen LogP contribution in [0.4, 0.5) is 0 Å². The normalized spacial score (nSPS) is 10.6. The molecule has 0 atom stereocenters. The van der Waals surface area contributed by atoms with Crippen molar-refractivity contribution >= 4 is 22.9 Å². The molecule has 18 heavy (non-hydrogen) atoms. The van der Waals surface area contributed by atoms with Crippen LogP contribution >= 0.6 is 0 Å². The highest BCUT2D eigenvalue weighted by molar-refractivity contribution is 6.34. The average Bonchev–Trinajstić information content (AvgIpc) is 2.67. The fourth-order valence-electron chi connectivity index (χ4n) is 1.72. The number of likely N-dealkylation sites (N-methyl/N-ethyl adjacent to an activating group) is 1. The van der Waals surface area contributed by atoms with Crippen LogP contribution in [0.5, 0.6) is 0 Å². The number of aryl methyl sites for hydroxylation is 1. The number of carbonyl (C=O) groups is 2. The number of benzene rings is 1. The van der Waals surface area contributed by atoms with E-state index >= 15 is 0 Å². The summed E-state index contributed by atoms with van der Waals surface area (Å²) in [5.41, 5.74) is 7.20. The monoisotopic (exact) mass is 247 g/mol. The fourth-order valence-corrected chi connectivity index (χ4v) is 1.72. The van der Waals surface area contributed by atoms with Gasteiger partial charge in [-0.05, 0) is 17.7 Å². The van der Waals surface area contributed by atoms with Crippen molar-refractivity contribution in [1.29, 1.82) is 0 Å². The van der Waals surface area contributed by atoms with Crippen LogP contribution in [0.15, 0.2) is 22.6 Å². The smallest absolute Gasteiger partial charge is 0.311 e. The highest BCUT2D eigenvalue weighted by Gasteiger charge is 2.15. The van der Waals surface area contributed by atoms with Crippen LogP contribution in [0, 0.1) is 6.92 Å². The van der Waals surface area contributed by atoms with E-state index in [1.54, 1.807) is 13.0 Å². The van der Waals surface area contributed by atoms with Crippen LogP contribution in [0.1, 0.15) is 11.5 Å². The molecule has 1 aromatic carbocycles. The van der Waals surface area contributed by atoms with Crippen LogP contribution in [-0.4, -0.2) is 28.7 Å². The van der Waals surface area contributed by atoms with Gasteiger partial charge in [0.2, 0.25) is 0 Å². The number of hydrogen-bond donors (Lipinski definition) is 1. The fraction of sp³-hybridized carbons (Fsp3) is 0.250. The minimum absolute atomic E-state index is 0.295. The molecule has 0 fully saturated rings. The van der Waals surface area contributed by atoms with Gasteiger partial charge >= 0.3 is 11.8 Å². The minimum atomic E-state index is -0.962. The number of rotatable bonds is 2. The van der Waals surface area contributed by atoms with Crippen LogP contribution in [-0.2, 0) is 16.1 Å². The van der Waals surface area contributed by atoms with E-state index in [1.165, 1.54) is 11.9 Å². The third-order valence-electron chi connectivity index (χ3n) is 2.54. The Kier molecular flexibility index (Phi) is 3.01. The van der Waals surface area contributed by atoms with Gasteiger partial charge < -0.3 is 15.1 Å². The van der Waals surface area contributed by atoms with Gasteiger partial charge in [-0.1, -0.05) is 6.07 Å². The number of fused-ring (bicyclic) bond motifs is 1. The Morgan fingerprint density at radius 2 is 2.17 bits per heavy atom. The van der Waals surface area contributed by atoms with Crippen molar-refractivity contribution in [2.45, 2.75) is 13.5 Å². The minimum Gasteiger partial charge on any atom is -0.441 e. The molecule has 2 amide bonds. The molecule has 0 spiro atoms. The van der Waals surface area contributed by atoms with Gasteiger partial charge in [0.25, 0.3) is 0 Å². The van der Waals surface area contributed by atoms with Gasteiger partial charge in [0.1, 0.15) is 5.52 Å². The van der Waals surface area contributed by atoms with Crippen LogP contribution < -0.4 is 5.73 Å². The summed E-state index contributed by atoms with van der Waals surface area (Å²) in [6.07, 6.45) is 0. The zero-order chi connectivity index (χ0) is 13.3. The van der Waals surface area contributed by atoms with Crippen LogP contribution in [0.3, 0.4) is 0 Å².